The topological polar surface area (TPSA) is 43.2 Å². The van der Waals surface area contributed by atoms with Crippen molar-refractivity contribution in [1.29, 1.82) is 0 Å². The van der Waals surface area contributed by atoms with Gasteiger partial charge in [0.05, 0.1) is 18.7 Å². The lowest BCUT2D eigenvalue weighted by molar-refractivity contribution is 0.162. The Balaban J connectivity index is 1.80. The summed E-state index contributed by atoms with van der Waals surface area (Å²) in [4.78, 5) is 2.39. The molecule has 1 aromatic carbocycles. The summed E-state index contributed by atoms with van der Waals surface area (Å²) in [6, 6.07) is 6.25. The normalized spacial score (nSPS) is 16.6. The Morgan fingerprint density at radius 1 is 1.29 bits per heavy atom. The maximum atomic E-state index is 6.23. The molecule has 5 nitrogen and oxygen atoms in total. The number of nitrogens with zero attached hydrogens (tertiary/aromatic N) is 4. The molecule has 0 saturated heterocycles. The number of hydrogen-bond acceptors (Lipinski definition) is 4. The number of hydrogen-bond donors (Lipinski definition) is 0. The van der Waals surface area contributed by atoms with Crippen molar-refractivity contribution in [3.63, 3.8) is 0 Å². The van der Waals surface area contributed by atoms with Crippen molar-refractivity contribution in [3.05, 3.63) is 40.4 Å². The highest BCUT2D eigenvalue weighted by Crippen LogP contribution is 2.31. The SMILES string of the molecule is COc1ccc(C(C)N2CCn3c(C)nnc3C2)cc1Cl. The molecule has 1 aliphatic rings. The van der Waals surface area contributed by atoms with Crippen LogP contribution in [0.4, 0.5) is 0 Å². The van der Waals surface area contributed by atoms with E-state index in [4.69, 9.17) is 16.3 Å². The first-order valence-corrected chi connectivity index (χ1v) is 7.44. The van der Waals surface area contributed by atoms with Crippen molar-refractivity contribution in [3.8, 4) is 5.75 Å². The van der Waals surface area contributed by atoms with Crippen molar-refractivity contribution in [2.24, 2.45) is 0 Å². The van der Waals surface area contributed by atoms with Crippen molar-refractivity contribution in [1.82, 2.24) is 19.7 Å². The third-order valence-electron chi connectivity index (χ3n) is 4.17. The lowest BCUT2D eigenvalue weighted by Gasteiger charge is -2.33. The fourth-order valence-electron chi connectivity index (χ4n) is 2.81. The van der Waals surface area contributed by atoms with Crippen molar-refractivity contribution < 1.29 is 4.74 Å². The van der Waals surface area contributed by atoms with E-state index in [0.717, 1.165) is 31.3 Å². The zero-order chi connectivity index (χ0) is 15.0. The van der Waals surface area contributed by atoms with Crippen LogP contribution in [0, 0.1) is 6.92 Å². The van der Waals surface area contributed by atoms with Gasteiger partial charge in [-0.1, -0.05) is 17.7 Å². The number of fused-ring (bicyclic) bond motifs is 1. The minimum Gasteiger partial charge on any atom is -0.495 e. The van der Waals surface area contributed by atoms with Gasteiger partial charge in [0.2, 0.25) is 0 Å². The van der Waals surface area contributed by atoms with E-state index < -0.39 is 0 Å². The minimum atomic E-state index is 0.277. The van der Waals surface area contributed by atoms with E-state index in [1.165, 1.54) is 5.56 Å². The van der Waals surface area contributed by atoms with Crippen LogP contribution in [0.25, 0.3) is 0 Å². The number of aryl methyl sites for hydroxylation is 1. The predicted octanol–water partition coefficient (Wildman–Crippen LogP) is 2.83. The molecule has 1 unspecified atom stereocenters. The van der Waals surface area contributed by atoms with Gasteiger partial charge in [-0.25, -0.2) is 0 Å². The molecule has 0 spiro atoms. The quantitative estimate of drug-likeness (QED) is 0.874. The first-order valence-electron chi connectivity index (χ1n) is 7.06. The van der Waals surface area contributed by atoms with Crippen LogP contribution in [0.15, 0.2) is 18.2 Å². The van der Waals surface area contributed by atoms with Gasteiger partial charge in [-0.15, -0.1) is 10.2 Å². The summed E-state index contributed by atoms with van der Waals surface area (Å²) in [5.41, 5.74) is 1.19. The fourth-order valence-corrected chi connectivity index (χ4v) is 3.07. The van der Waals surface area contributed by atoms with Gasteiger partial charge in [-0.05, 0) is 31.5 Å². The number of methoxy groups -OCH3 is 1. The molecule has 2 heterocycles. The molecule has 2 aromatic rings. The van der Waals surface area contributed by atoms with Crippen LogP contribution in [0.3, 0.4) is 0 Å². The smallest absolute Gasteiger partial charge is 0.147 e. The molecule has 0 aliphatic carbocycles. The Kier molecular flexibility index (Phi) is 3.87. The van der Waals surface area contributed by atoms with E-state index in [-0.39, 0.29) is 6.04 Å². The summed E-state index contributed by atoms with van der Waals surface area (Å²) in [6.07, 6.45) is 0. The Hall–Kier alpha value is -1.59. The monoisotopic (exact) mass is 306 g/mol. The van der Waals surface area contributed by atoms with Crippen LogP contribution in [0.5, 0.6) is 5.75 Å². The van der Waals surface area contributed by atoms with E-state index in [2.05, 4.69) is 32.7 Å². The second kappa shape index (κ2) is 5.66. The molecule has 21 heavy (non-hydrogen) atoms. The zero-order valence-corrected chi connectivity index (χ0v) is 13.3. The summed E-state index contributed by atoms with van der Waals surface area (Å²) < 4.78 is 7.39. The number of ether oxygens (including phenoxy) is 1. The molecule has 112 valence electrons. The van der Waals surface area contributed by atoms with Gasteiger partial charge in [0.25, 0.3) is 0 Å². The number of halogens is 1. The number of aromatic nitrogens is 3. The maximum absolute atomic E-state index is 6.23. The number of benzene rings is 1. The fraction of sp³-hybridized carbons (Fsp3) is 0.467. The van der Waals surface area contributed by atoms with Gasteiger partial charge >= 0.3 is 0 Å². The zero-order valence-electron chi connectivity index (χ0n) is 12.5. The predicted molar refractivity (Wildman–Crippen MR) is 81.6 cm³/mol. The molecule has 3 rings (SSSR count). The molecule has 6 heteroatoms. The Morgan fingerprint density at radius 3 is 2.81 bits per heavy atom. The molecular weight excluding hydrogens is 288 g/mol. The summed E-state index contributed by atoms with van der Waals surface area (Å²) in [5.74, 6) is 2.73. The summed E-state index contributed by atoms with van der Waals surface area (Å²) in [5, 5.41) is 9.05. The third-order valence-corrected chi connectivity index (χ3v) is 4.47. The highest BCUT2D eigenvalue weighted by atomic mass is 35.5. The number of rotatable bonds is 3. The van der Waals surface area contributed by atoms with Crippen LogP contribution in [0.1, 0.15) is 30.2 Å². The van der Waals surface area contributed by atoms with E-state index in [9.17, 15) is 0 Å². The van der Waals surface area contributed by atoms with Gasteiger partial charge in [-0.3, -0.25) is 4.90 Å². The standard InChI is InChI=1S/C15H19ClN4O/c1-10(12-4-5-14(21-3)13(16)8-12)19-6-7-20-11(2)17-18-15(20)9-19/h4-5,8,10H,6-7,9H2,1-3H3. The minimum absolute atomic E-state index is 0.277. The van der Waals surface area contributed by atoms with Gasteiger partial charge in [-0.2, -0.15) is 0 Å². The highest BCUT2D eigenvalue weighted by Gasteiger charge is 2.24. The molecule has 0 saturated carbocycles. The van der Waals surface area contributed by atoms with Crippen LogP contribution in [-0.2, 0) is 13.1 Å². The molecule has 1 aliphatic heterocycles. The first-order chi connectivity index (χ1) is 10.1. The van der Waals surface area contributed by atoms with Crippen LogP contribution in [0.2, 0.25) is 5.02 Å². The Labute approximate surface area is 129 Å². The molecule has 1 atom stereocenters. The molecular formula is C15H19ClN4O. The summed E-state index contributed by atoms with van der Waals surface area (Å²) >= 11 is 6.23. The molecule has 0 fully saturated rings. The van der Waals surface area contributed by atoms with Gasteiger partial charge < -0.3 is 9.30 Å². The van der Waals surface area contributed by atoms with Crippen LogP contribution in [-0.4, -0.2) is 33.3 Å². The summed E-state index contributed by atoms with van der Waals surface area (Å²) in [6.45, 7) is 6.92. The average molecular weight is 307 g/mol. The van der Waals surface area contributed by atoms with Gasteiger partial charge in [0.1, 0.15) is 17.4 Å². The van der Waals surface area contributed by atoms with Gasteiger partial charge in [0, 0.05) is 19.1 Å². The van der Waals surface area contributed by atoms with Crippen LogP contribution < -0.4 is 4.74 Å². The van der Waals surface area contributed by atoms with E-state index in [1.807, 2.05) is 19.1 Å². The average Bonchev–Trinajstić information content (AvgIpc) is 2.87. The second-order valence-electron chi connectivity index (χ2n) is 5.36. The lowest BCUT2D eigenvalue weighted by Crippen LogP contribution is -2.36. The van der Waals surface area contributed by atoms with Gasteiger partial charge in [0.15, 0.2) is 0 Å². The van der Waals surface area contributed by atoms with E-state index in [0.29, 0.717) is 10.8 Å². The Morgan fingerprint density at radius 2 is 2.10 bits per heavy atom. The Bertz CT molecular complexity index is 655. The first kappa shape index (κ1) is 14.4. The van der Waals surface area contributed by atoms with Crippen molar-refractivity contribution in [2.45, 2.75) is 33.0 Å². The van der Waals surface area contributed by atoms with E-state index >= 15 is 0 Å². The molecule has 0 bridgehead atoms. The largest absolute Gasteiger partial charge is 0.495 e. The summed E-state index contributed by atoms with van der Waals surface area (Å²) in [7, 11) is 1.63. The van der Waals surface area contributed by atoms with Crippen LogP contribution >= 0.6 is 11.6 Å². The molecule has 1 aromatic heterocycles. The molecule has 0 radical (unpaired) electrons. The molecule has 0 amide bonds. The highest BCUT2D eigenvalue weighted by molar-refractivity contribution is 6.32. The van der Waals surface area contributed by atoms with Crippen molar-refractivity contribution in [2.75, 3.05) is 13.7 Å². The molecule has 0 N–H and O–H groups in total. The van der Waals surface area contributed by atoms with E-state index in [1.54, 1.807) is 7.11 Å². The second-order valence-corrected chi connectivity index (χ2v) is 5.76. The third kappa shape index (κ3) is 2.63. The maximum Gasteiger partial charge on any atom is 0.147 e. The van der Waals surface area contributed by atoms with Crippen molar-refractivity contribution >= 4 is 11.6 Å². The lowest BCUT2D eigenvalue weighted by atomic mass is 10.1.